The first-order valence-electron chi connectivity index (χ1n) is 11.7. The summed E-state index contributed by atoms with van der Waals surface area (Å²) in [4.78, 5) is 40.9. The topological polar surface area (TPSA) is 122 Å². The van der Waals surface area contributed by atoms with Gasteiger partial charge < -0.3 is 29.0 Å². The molecule has 0 fully saturated rings. The number of nitrogens with one attached hydrogen (secondary N) is 1. The van der Waals surface area contributed by atoms with Crippen LogP contribution < -0.4 is 19.5 Å². The molecule has 1 N–H and O–H groups in total. The maximum absolute atomic E-state index is 12.9. The molecule has 1 heterocycles. The van der Waals surface area contributed by atoms with Gasteiger partial charge in [0.05, 0.1) is 7.11 Å². The number of carbonyl (C=O) groups is 3. The molecule has 10 nitrogen and oxygen atoms in total. The molecule has 1 amide bonds. The highest BCUT2D eigenvalue weighted by atomic mass is 16.7. The van der Waals surface area contributed by atoms with E-state index in [0.717, 1.165) is 0 Å². The molecule has 0 spiro atoms. The van der Waals surface area contributed by atoms with Gasteiger partial charge in [0, 0.05) is 19.2 Å². The van der Waals surface area contributed by atoms with Crippen LogP contribution in [0.3, 0.4) is 0 Å². The Morgan fingerprint density at radius 3 is 2.33 bits per heavy atom. The van der Waals surface area contributed by atoms with Gasteiger partial charge in [0.1, 0.15) is 24.0 Å². The number of aromatic nitrogens is 1. The third-order valence-electron chi connectivity index (χ3n) is 5.18. The van der Waals surface area contributed by atoms with Crippen molar-refractivity contribution in [3.63, 3.8) is 0 Å². The van der Waals surface area contributed by atoms with Crippen LogP contribution in [0.15, 0.2) is 42.6 Å². The largest absolute Gasteiger partial charge is 0.493 e. The molecular weight excluding hydrogens is 468 g/mol. The van der Waals surface area contributed by atoms with Gasteiger partial charge in [-0.2, -0.15) is 0 Å². The lowest BCUT2D eigenvalue weighted by molar-refractivity contribution is -0.157. The standard InChI is InChI=1S/C26H34N2O8/c1-7-20(23(16(2)3)35-19-11-9-8-10-12-19)36-26(31)17(4)28-25(30)22-24(34-15-33-18(5)29)21(32-6)13-14-27-22/h8-14,16-17,20,23H,7,15H2,1-6H3,(H,28,30)/t17-,20-,23+/m0/s1. The number of hydrogen-bond donors (Lipinski definition) is 1. The Kier molecular flexibility index (Phi) is 11.0. The molecule has 0 saturated heterocycles. The number of para-hydroxylation sites is 1. The van der Waals surface area contributed by atoms with Crippen LogP contribution in [0.1, 0.15) is 51.5 Å². The summed E-state index contributed by atoms with van der Waals surface area (Å²) in [6.45, 7) is 8.17. The van der Waals surface area contributed by atoms with Gasteiger partial charge in [0.2, 0.25) is 6.79 Å². The summed E-state index contributed by atoms with van der Waals surface area (Å²) in [6.07, 6.45) is 0.963. The van der Waals surface area contributed by atoms with Crippen LogP contribution in [0.2, 0.25) is 0 Å². The predicted octanol–water partition coefficient (Wildman–Crippen LogP) is 3.53. The Morgan fingerprint density at radius 2 is 1.75 bits per heavy atom. The van der Waals surface area contributed by atoms with E-state index in [9.17, 15) is 14.4 Å². The SMILES string of the molecule is CC[C@H](OC(=O)[C@H](C)NC(=O)c1nccc(OC)c1OCOC(C)=O)[C@H](Oc1ccccc1)C(C)C. The Hall–Kier alpha value is -3.82. The van der Waals surface area contributed by atoms with Crippen LogP contribution in [0.4, 0.5) is 0 Å². The molecule has 36 heavy (non-hydrogen) atoms. The Labute approximate surface area is 211 Å². The third-order valence-corrected chi connectivity index (χ3v) is 5.18. The molecule has 196 valence electrons. The van der Waals surface area contributed by atoms with E-state index in [2.05, 4.69) is 10.3 Å². The average Bonchev–Trinajstić information content (AvgIpc) is 2.86. The van der Waals surface area contributed by atoms with E-state index >= 15 is 0 Å². The zero-order chi connectivity index (χ0) is 26.7. The highest BCUT2D eigenvalue weighted by Crippen LogP contribution is 2.29. The first-order chi connectivity index (χ1) is 17.2. The second-order valence-corrected chi connectivity index (χ2v) is 8.31. The number of rotatable bonds is 13. The van der Waals surface area contributed by atoms with E-state index < -0.39 is 36.8 Å². The molecule has 1 aromatic heterocycles. The lowest BCUT2D eigenvalue weighted by atomic mass is 9.99. The van der Waals surface area contributed by atoms with Crippen molar-refractivity contribution >= 4 is 17.8 Å². The molecule has 3 atom stereocenters. The molecule has 0 radical (unpaired) electrons. The van der Waals surface area contributed by atoms with Crippen molar-refractivity contribution < 1.29 is 38.1 Å². The zero-order valence-corrected chi connectivity index (χ0v) is 21.5. The van der Waals surface area contributed by atoms with Crippen molar-refractivity contribution in [3.05, 3.63) is 48.3 Å². The van der Waals surface area contributed by atoms with Gasteiger partial charge in [-0.1, -0.05) is 39.0 Å². The second kappa shape index (κ2) is 13.9. The van der Waals surface area contributed by atoms with Gasteiger partial charge in [-0.15, -0.1) is 0 Å². The summed E-state index contributed by atoms with van der Waals surface area (Å²) in [5.41, 5.74) is -0.138. The van der Waals surface area contributed by atoms with Gasteiger partial charge in [-0.25, -0.2) is 9.78 Å². The van der Waals surface area contributed by atoms with Gasteiger partial charge in [-0.3, -0.25) is 9.59 Å². The van der Waals surface area contributed by atoms with Crippen LogP contribution in [0, 0.1) is 5.92 Å². The number of carbonyl (C=O) groups excluding carboxylic acids is 3. The zero-order valence-electron chi connectivity index (χ0n) is 21.5. The van der Waals surface area contributed by atoms with Crippen LogP contribution in [0.25, 0.3) is 0 Å². The number of benzene rings is 1. The summed E-state index contributed by atoms with van der Waals surface area (Å²) in [6, 6.07) is 9.81. The van der Waals surface area contributed by atoms with E-state index in [1.165, 1.54) is 33.2 Å². The van der Waals surface area contributed by atoms with Crippen LogP contribution in [-0.2, 0) is 19.1 Å². The summed E-state index contributed by atoms with van der Waals surface area (Å²) in [5.74, 6) is -0.943. The van der Waals surface area contributed by atoms with Crippen molar-refractivity contribution in [2.75, 3.05) is 13.9 Å². The molecule has 10 heteroatoms. The molecule has 1 aromatic carbocycles. The van der Waals surface area contributed by atoms with Gasteiger partial charge in [0.25, 0.3) is 5.91 Å². The fraction of sp³-hybridized carbons (Fsp3) is 0.462. The van der Waals surface area contributed by atoms with Gasteiger partial charge in [-0.05, 0) is 31.4 Å². The first-order valence-corrected chi connectivity index (χ1v) is 11.7. The molecular formula is C26H34N2O8. The number of pyridine rings is 1. The summed E-state index contributed by atoms with van der Waals surface area (Å²) >= 11 is 0. The average molecular weight is 503 g/mol. The molecule has 2 rings (SSSR count). The van der Waals surface area contributed by atoms with Crippen molar-refractivity contribution in [3.8, 4) is 17.2 Å². The number of nitrogens with zero attached hydrogens (tertiary/aromatic N) is 1. The summed E-state index contributed by atoms with van der Waals surface area (Å²) in [7, 11) is 1.39. The predicted molar refractivity (Wildman–Crippen MR) is 131 cm³/mol. The first kappa shape index (κ1) is 28.4. The highest BCUT2D eigenvalue weighted by Gasteiger charge is 2.31. The molecule has 0 saturated carbocycles. The van der Waals surface area contributed by atoms with Crippen LogP contribution >= 0.6 is 0 Å². The minimum Gasteiger partial charge on any atom is -0.493 e. The summed E-state index contributed by atoms with van der Waals surface area (Å²) in [5, 5.41) is 2.57. The van der Waals surface area contributed by atoms with Crippen molar-refractivity contribution in [2.24, 2.45) is 5.92 Å². The lowest BCUT2D eigenvalue weighted by Crippen LogP contribution is -2.45. The van der Waals surface area contributed by atoms with E-state index in [1.807, 2.05) is 51.1 Å². The number of ether oxygens (including phenoxy) is 5. The second-order valence-electron chi connectivity index (χ2n) is 8.31. The number of amides is 1. The fourth-order valence-corrected chi connectivity index (χ4v) is 3.32. The monoisotopic (exact) mass is 502 g/mol. The van der Waals surface area contributed by atoms with E-state index in [4.69, 9.17) is 23.7 Å². The normalized spacial score (nSPS) is 13.2. The number of hydrogen-bond acceptors (Lipinski definition) is 9. The van der Waals surface area contributed by atoms with Gasteiger partial charge >= 0.3 is 11.9 Å². The molecule has 0 aliphatic carbocycles. The quantitative estimate of drug-likeness (QED) is 0.324. The molecule has 0 unspecified atom stereocenters. The Bertz CT molecular complexity index is 1010. The minimum absolute atomic E-state index is 0.0260. The molecule has 0 bridgehead atoms. The molecule has 0 aliphatic heterocycles. The van der Waals surface area contributed by atoms with E-state index in [1.54, 1.807) is 0 Å². The minimum atomic E-state index is -0.995. The fourth-order valence-electron chi connectivity index (χ4n) is 3.32. The van der Waals surface area contributed by atoms with E-state index in [-0.39, 0.29) is 29.2 Å². The molecule has 0 aliphatic rings. The van der Waals surface area contributed by atoms with Crippen LogP contribution in [0.5, 0.6) is 17.2 Å². The van der Waals surface area contributed by atoms with Crippen molar-refractivity contribution in [2.45, 2.75) is 59.3 Å². The lowest BCUT2D eigenvalue weighted by Gasteiger charge is -2.30. The molecule has 2 aromatic rings. The summed E-state index contributed by atoms with van der Waals surface area (Å²) < 4.78 is 27.3. The Morgan fingerprint density at radius 1 is 1.06 bits per heavy atom. The number of methoxy groups -OCH3 is 1. The van der Waals surface area contributed by atoms with Crippen molar-refractivity contribution in [1.82, 2.24) is 10.3 Å². The maximum atomic E-state index is 12.9. The van der Waals surface area contributed by atoms with E-state index in [0.29, 0.717) is 12.2 Å². The third kappa shape index (κ3) is 8.14. The van der Waals surface area contributed by atoms with Crippen molar-refractivity contribution in [1.29, 1.82) is 0 Å². The van der Waals surface area contributed by atoms with Gasteiger partial charge in [0.15, 0.2) is 17.2 Å². The maximum Gasteiger partial charge on any atom is 0.328 e. The number of esters is 2. The smallest absolute Gasteiger partial charge is 0.328 e. The Balaban J connectivity index is 2.10. The highest BCUT2D eigenvalue weighted by molar-refractivity contribution is 5.98. The van der Waals surface area contributed by atoms with Crippen LogP contribution in [-0.4, -0.2) is 55.0 Å².